The summed E-state index contributed by atoms with van der Waals surface area (Å²) in [4.78, 5) is 12.6. The van der Waals surface area contributed by atoms with E-state index in [1.54, 1.807) is 13.4 Å². The minimum Gasteiger partial charge on any atom is -0.497 e. The average Bonchev–Trinajstić information content (AvgIpc) is 3.05. The summed E-state index contributed by atoms with van der Waals surface area (Å²) < 4.78 is 10.5. The molecule has 112 valence electrons. The van der Waals surface area contributed by atoms with Gasteiger partial charge in [0, 0.05) is 11.1 Å². The van der Waals surface area contributed by atoms with Crippen molar-refractivity contribution in [1.29, 1.82) is 0 Å². The number of carbonyl (C=O) groups is 1. The lowest BCUT2D eigenvalue weighted by molar-refractivity contribution is -0.112. The predicted molar refractivity (Wildman–Crippen MR) is 86.5 cm³/mol. The Morgan fingerprint density at radius 3 is 2.41 bits per heavy atom. The number of ether oxygens (including phenoxy) is 1. The van der Waals surface area contributed by atoms with Gasteiger partial charge in [-0.05, 0) is 61.2 Å². The van der Waals surface area contributed by atoms with Crippen LogP contribution in [0.2, 0.25) is 0 Å². The molecule has 0 atom stereocenters. The third kappa shape index (κ3) is 3.19. The third-order valence-electron chi connectivity index (χ3n) is 3.79. The Morgan fingerprint density at radius 2 is 1.77 bits per heavy atom. The lowest BCUT2D eigenvalue weighted by atomic mass is 9.87. The number of methoxy groups -OCH3 is 1. The molecule has 2 aromatic rings. The molecule has 3 rings (SSSR count). The van der Waals surface area contributed by atoms with Gasteiger partial charge in [-0.25, -0.2) is 0 Å². The Bertz CT molecular complexity index is 704. The van der Waals surface area contributed by atoms with Gasteiger partial charge < -0.3 is 9.15 Å². The summed E-state index contributed by atoms with van der Waals surface area (Å²) in [5, 5.41) is 0. The van der Waals surface area contributed by atoms with Crippen LogP contribution in [-0.2, 0) is 4.79 Å². The van der Waals surface area contributed by atoms with Gasteiger partial charge in [-0.1, -0.05) is 12.1 Å². The van der Waals surface area contributed by atoms with Crippen LogP contribution in [0.3, 0.4) is 0 Å². The van der Waals surface area contributed by atoms with Crippen molar-refractivity contribution < 1.29 is 13.9 Å². The highest BCUT2D eigenvalue weighted by atomic mass is 16.5. The number of hydrogen-bond donors (Lipinski definition) is 0. The maximum absolute atomic E-state index is 12.6. The normalized spacial score (nSPS) is 18.9. The molecule has 1 aromatic carbocycles. The number of carbonyl (C=O) groups excluding carboxylic acids is 1. The van der Waals surface area contributed by atoms with Crippen LogP contribution in [-0.4, -0.2) is 12.9 Å². The van der Waals surface area contributed by atoms with Crippen molar-refractivity contribution in [3.8, 4) is 5.75 Å². The number of ketones is 1. The predicted octanol–water partition coefficient (Wildman–Crippen LogP) is 4.51. The molecule has 0 amide bonds. The molecule has 0 unspecified atom stereocenters. The lowest BCUT2D eigenvalue weighted by Crippen LogP contribution is -2.12. The summed E-state index contributed by atoms with van der Waals surface area (Å²) in [5.74, 6) is 1.67. The molecule has 0 spiro atoms. The standard InChI is InChI=1S/C19H18O3/c1-21-17-9-7-14(8-10-17)12-15-4-2-5-16(19(15)20)13-18-6-3-11-22-18/h3,6-13H,2,4-5H2,1H3/b15-12+,16-13-. The molecule has 1 aliphatic carbocycles. The van der Waals surface area contributed by atoms with Crippen LogP contribution < -0.4 is 4.74 Å². The van der Waals surface area contributed by atoms with Gasteiger partial charge >= 0.3 is 0 Å². The van der Waals surface area contributed by atoms with Crippen molar-refractivity contribution in [2.45, 2.75) is 19.3 Å². The van der Waals surface area contributed by atoms with Gasteiger partial charge in [0.2, 0.25) is 0 Å². The lowest BCUT2D eigenvalue weighted by Gasteiger charge is -2.16. The van der Waals surface area contributed by atoms with E-state index in [0.29, 0.717) is 0 Å². The van der Waals surface area contributed by atoms with E-state index in [1.165, 1.54) is 0 Å². The van der Waals surface area contributed by atoms with Gasteiger partial charge in [-0.3, -0.25) is 4.79 Å². The fraction of sp³-hybridized carbons (Fsp3) is 0.211. The van der Waals surface area contributed by atoms with E-state index in [2.05, 4.69) is 0 Å². The third-order valence-corrected chi connectivity index (χ3v) is 3.79. The van der Waals surface area contributed by atoms with Crippen LogP contribution in [0.5, 0.6) is 5.75 Å². The highest BCUT2D eigenvalue weighted by Crippen LogP contribution is 2.28. The molecule has 1 fully saturated rings. The molecule has 3 heteroatoms. The molecule has 1 saturated carbocycles. The summed E-state index contributed by atoms with van der Waals surface area (Å²) in [6.45, 7) is 0. The van der Waals surface area contributed by atoms with E-state index < -0.39 is 0 Å². The van der Waals surface area contributed by atoms with Crippen molar-refractivity contribution in [3.05, 3.63) is 65.1 Å². The molecule has 1 aromatic heterocycles. The first-order valence-corrected chi connectivity index (χ1v) is 7.39. The van der Waals surface area contributed by atoms with Gasteiger partial charge in [0.1, 0.15) is 11.5 Å². The first kappa shape index (κ1) is 14.4. The van der Waals surface area contributed by atoms with Crippen LogP contribution in [0.15, 0.2) is 58.2 Å². The second kappa shape index (κ2) is 6.48. The topological polar surface area (TPSA) is 39.4 Å². The molecule has 0 bridgehead atoms. The molecule has 3 nitrogen and oxygen atoms in total. The van der Waals surface area contributed by atoms with Gasteiger partial charge in [0.15, 0.2) is 5.78 Å². The minimum absolute atomic E-state index is 0.124. The molecule has 0 saturated heterocycles. The summed E-state index contributed by atoms with van der Waals surface area (Å²) >= 11 is 0. The number of furan rings is 1. The van der Waals surface area contributed by atoms with Gasteiger partial charge in [0.25, 0.3) is 0 Å². The molecule has 1 heterocycles. The van der Waals surface area contributed by atoms with E-state index in [-0.39, 0.29) is 5.78 Å². The summed E-state index contributed by atoms with van der Waals surface area (Å²) in [5.41, 5.74) is 2.69. The smallest absolute Gasteiger partial charge is 0.185 e. The average molecular weight is 294 g/mol. The Kier molecular flexibility index (Phi) is 4.24. The highest BCUT2D eigenvalue weighted by Gasteiger charge is 2.20. The fourth-order valence-electron chi connectivity index (χ4n) is 2.62. The van der Waals surface area contributed by atoms with Crippen LogP contribution in [0, 0.1) is 0 Å². The summed E-state index contributed by atoms with van der Waals surface area (Å²) in [6.07, 6.45) is 8.05. The van der Waals surface area contributed by atoms with Crippen molar-refractivity contribution in [2.24, 2.45) is 0 Å². The highest BCUT2D eigenvalue weighted by molar-refractivity contribution is 6.13. The van der Waals surface area contributed by atoms with E-state index >= 15 is 0 Å². The molecule has 1 aliphatic rings. The molecule has 22 heavy (non-hydrogen) atoms. The molecular formula is C19H18O3. The minimum atomic E-state index is 0.124. The zero-order chi connectivity index (χ0) is 15.4. The van der Waals surface area contributed by atoms with E-state index in [9.17, 15) is 4.79 Å². The Morgan fingerprint density at radius 1 is 1.05 bits per heavy atom. The first-order valence-electron chi connectivity index (χ1n) is 7.39. The number of Topliss-reactive ketones (excluding diaryl/α,β-unsaturated/α-hetero) is 1. The number of allylic oxidation sites excluding steroid dienone is 2. The first-order chi connectivity index (χ1) is 10.8. The molecular weight excluding hydrogens is 276 g/mol. The Hall–Kier alpha value is -2.55. The largest absolute Gasteiger partial charge is 0.497 e. The second-order valence-electron chi connectivity index (χ2n) is 5.31. The van der Waals surface area contributed by atoms with Crippen molar-refractivity contribution in [1.82, 2.24) is 0 Å². The van der Waals surface area contributed by atoms with Crippen molar-refractivity contribution >= 4 is 17.9 Å². The summed E-state index contributed by atoms with van der Waals surface area (Å²) in [7, 11) is 1.64. The monoisotopic (exact) mass is 294 g/mol. The van der Waals surface area contributed by atoms with Gasteiger partial charge in [0.05, 0.1) is 13.4 Å². The van der Waals surface area contributed by atoms with Crippen molar-refractivity contribution in [3.63, 3.8) is 0 Å². The molecule has 0 radical (unpaired) electrons. The second-order valence-corrected chi connectivity index (χ2v) is 5.31. The number of benzene rings is 1. The maximum Gasteiger partial charge on any atom is 0.185 e. The molecule has 0 aliphatic heterocycles. The van der Waals surface area contributed by atoms with Crippen LogP contribution in [0.25, 0.3) is 12.2 Å². The van der Waals surface area contributed by atoms with Gasteiger partial charge in [-0.15, -0.1) is 0 Å². The van der Waals surface area contributed by atoms with E-state index in [0.717, 1.165) is 47.5 Å². The van der Waals surface area contributed by atoms with Crippen LogP contribution in [0.1, 0.15) is 30.6 Å². The number of hydrogen-bond acceptors (Lipinski definition) is 3. The maximum atomic E-state index is 12.6. The van der Waals surface area contributed by atoms with E-state index in [1.807, 2.05) is 48.6 Å². The number of rotatable bonds is 3. The zero-order valence-electron chi connectivity index (χ0n) is 12.5. The fourth-order valence-corrected chi connectivity index (χ4v) is 2.62. The Balaban J connectivity index is 1.84. The van der Waals surface area contributed by atoms with Gasteiger partial charge in [-0.2, -0.15) is 0 Å². The molecule has 0 N–H and O–H groups in total. The van der Waals surface area contributed by atoms with Crippen molar-refractivity contribution in [2.75, 3.05) is 7.11 Å². The SMILES string of the molecule is COc1ccc(/C=C2\CCC/C(=C/c3ccco3)C2=O)cc1. The quantitative estimate of drug-likeness (QED) is 0.782. The summed E-state index contributed by atoms with van der Waals surface area (Å²) in [6, 6.07) is 11.4. The Labute approximate surface area is 129 Å². The van der Waals surface area contributed by atoms with E-state index in [4.69, 9.17) is 9.15 Å². The van der Waals surface area contributed by atoms with Crippen LogP contribution in [0.4, 0.5) is 0 Å². The van der Waals surface area contributed by atoms with Crippen LogP contribution >= 0.6 is 0 Å². The zero-order valence-corrected chi connectivity index (χ0v) is 12.5.